The van der Waals surface area contributed by atoms with E-state index in [-0.39, 0.29) is 12.1 Å². The Bertz CT molecular complexity index is 546. The average molecular weight is 355 g/mol. The van der Waals surface area contributed by atoms with Crippen molar-refractivity contribution in [2.45, 2.75) is 38.3 Å². The molecule has 0 spiro atoms. The van der Waals surface area contributed by atoms with Gasteiger partial charge in [0.1, 0.15) is 5.54 Å². The lowest BCUT2D eigenvalue weighted by Crippen LogP contribution is -2.54. The van der Waals surface area contributed by atoms with Gasteiger partial charge >= 0.3 is 12.0 Å². The van der Waals surface area contributed by atoms with Crippen LogP contribution in [0.4, 0.5) is 4.79 Å². The molecule has 2 amide bonds. The van der Waals surface area contributed by atoms with Crippen molar-refractivity contribution in [3.63, 3.8) is 0 Å². The third kappa shape index (κ3) is 3.20. The molecular weight excluding hydrogens is 336 g/mol. The summed E-state index contributed by atoms with van der Waals surface area (Å²) in [6, 6.07) is 7.17. The van der Waals surface area contributed by atoms with E-state index in [2.05, 4.69) is 21.2 Å². The van der Waals surface area contributed by atoms with Crippen molar-refractivity contribution >= 4 is 27.9 Å². The topological polar surface area (TPSA) is 69.6 Å². The number of aliphatic carboxylic acids is 1. The number of hydrogen-bond donors (Lipinski definition) is 2. The summed E-state index contributed by atoms with van der Waals surface area (Å²) in [6.07, 6.45) is 1.20. The fourth-order valence-electron chi connectivity index (χ4n) is 2.61. The third-order valence-corrected chi connectivity index (χ3v) is 4.59. The molecule has 0 radical (unpaired) electrons. The van der Waals surface area contributed by atoms with Gasteiger partial charge in [0.15, 0.2) is 0 Å². The lowest BCUT2D eigenvalue weighted by atomic mass is 9.99. The van der Waals surface area contributed by atoms with Crippen molar-refractivity contribution in [3.05, 3.63) is 34.3 Å². The molecule has 6 heteroatoms. The van der Waals surface area contributed by atoms with Gasteiger partial charge in [-0.05, 0) is 44.4 Å². The van der Waals surface area contributed by atoms with Gasteiger partial charge in [0, 0.05) is 11.0 Å². The van der Waals surface area contributed by atoms with Gasteiger partial charge in [-0.2, -0.15) is 0 Å². The van der Waals surface area contributed by atoms with Gasteiger partial charge in [0.2, 0.25) is 0 Å². The lowest BCUT2D eigenvalue weighted by molar-refractivity contribution is -0.147. The fourth-order valence-corrected chi connectivity index (χ4v) is 2.87. The van der Waals surface area contributed by atoms with Crippen molar-refractivity contribution in [1.29, 1.82) is 0 Å². The summed E-state index contributed by atoms with van der Waals surface area (Å²) >= 11 is 3.37. The summed E-state index contributed by atoms with van der Waals surface area (Å²) in [7, 11) is 0. The van der Waals surface area contributed by atoms with Crippen molar-refractivity contribution in [3.8, 4) is 0 Å². The molecule has 1 fully saturated rings. The van der Waals surface area contributed by atoms with Gasteiger partial charge in [-0.15, -0.1) is 0 Å². The van der Waals surface area contributed by atoms with E-state index < -0.39 is 11.5 Å². The van der Waals surface area contributed by atoms with E-state index in [0.29, 0.717) is 19.4 Å². The molecular formula is C15H19BrN2O3. The Hall–Kier alpha value is -1.56. The van der Waals surface area contributed by atoms with Gasteiger partial charge in [0.05, 0.1) is 6.04 Å². The molecule has 0 aliphatic carbocycles. The summed E-state index contributed by atoms with van der Waals surface area (Å²) < 4.78 is 0.975. The number of rotatable bonds is 3. The summed E-state index contributed by atoms with van der Waals surface area (Å²) in [6.45, 7) is 3.96. The van der Waals surface area contributed by atoms with Crippen LogP contribution in [0.5, 0.6) is 0 Å². The van der Waals surface area contributed by atoms with Crippen LogP contribution in [0.2, 0.25) is 0 Å². The van der Waals surface area contributed by atoms with E-state index in [0.717, 1.165) is 10.0 Å². The number of carbonyl (C=O) groups is 2. The average Bonchev–Trinajstić information content (AvgIpc) is 2.83. The number of carboxylic acids is 1. The second-order valence-corrected chi connectivity index (χ2v) is 6.47. The summed E-state index contributed by atoms with van der Waals surface area (Å²) in [4.78, 5) is 25.2. The minimum atomic E-state index is -1.11. The Kier molecular flexibility index (Phi) is 4.56. The highest BCUT2D eigenvalue weighted by Gasteiger charge is 2.46. The summed E-state index contributed by atoms with van der Waals surface area (Å²) in [5, 5.41) is 12.2. The summed E-state index contributed by atoms with van der Waals surface area (Å²) in [5.41, 5.74) is -0.133. The molecule has 2 atom stereocenters. The first-order valence-electron chi connectivity index (χ1n) is 6.91. The second kappa shape index (κ2) is 6.05. The van der Waals surface area contributed by atoms with Crippen molar-refractivity contribution < 1.29 is 14.7 Å². The Morgan fingerprint density at radius 2 is 2.00 bits per heavy atom. The molecule has 0 saturated carbocycles. The zero-order valence-electron chi connectivity index (χ0n) is 12.1. The SMILES string of the molecule is CC(NC(=O)N1CCCC1(C)C(=O)O)c1ccc(Br)cc1. The Morgan fingerprint density at radius 3 is 2.57 bits per heavy atom. The minimum absolute atomic E-state index is 0.177. The predicted molar refractivity (Wildman–Crippen MR) is 83.1 cm³/mol. The van der Waals surface area contributed by atoms with Crippen LogP contribution in [0.15, 0.2) is 28.7 Å². The van der Waals surface area contributed by atoms with Crippen LogP contribution in [0.3, 0.4) is 0 Å². The molecule has 114 valence electrons. The highest BCUT2D eigenvalue weighted by Crippen LogP contribution is 2.29. The molecule has 1 aromatic carbocycles. The zero-order chi connectivity index (χ0) is 15.6. The van der Waals surface area contributed by atoms with Crippen LogP contribution in [-0.4, -0.2) is 34.1 Å². The number of likely N-dealkylation sites (tertiary alicyclic amines) is 1. The summed E-state index contributed by atoms with van der Waals surface area (Å²) in [5.74, 6) is -0.952. The molecule has 1 aliphatic heterocycles. The quantitative estimate of drug-likeness (QED) is 0.875. The maximum atomic E-state index is 12.4. The van der Waals surface area contributed by atoms with Crippen molar-refractivity contribution in [1.82, 2.24) is 10.2 Å². The molecule has 2 rings (SSSR count). The molecule has 2 unspecified atom stereocenters. The zero-order valence-corrected chi connectivity index (χ0v) is 13.7. The van der Waals surface area contributed by atoms with Gasteiger partial charge in [-0.3, -0.25) is 0 Å². The number of hydrogen-bond acceptors (Lipinski definition) is 2. The molecule has 5 nitrogen and oxygen atoms in total. The first-order chi connectivity index (χ1) is 9.84. The first kappa shape index (κ1) is 15.8. The van der Waals surface area contributed by atoms with Crippen molar-refractivity contribution in [2.24, 2.45) is 0 Å². The van der Waals surface area contributed by atoms with E-state index in [1.54, 1.807) is 6.92 Å². The van der Waals surface area contributed by atoms with E-state index in [1.165, 1.54) is 4.90 Å². The molecule has 2 N–H and O–H groups in total. The molecule has 0 bridgehead atoms. The monoisotopic (exact) mass is 354 g/mol. The van der Waals surface area contributed by atoms with Gasteiger partial charge in [0.25, 0.3) is 0 Å². The maximum Gasteiger partial charge on any atom is 0.329 e. The second-order valence-electron chi connectivity index (χ2n) is 5.56. The minimum Gasteiger partial charge on any atom is -0.480 e. The molecule has 0 aromatic heterocycles. The number of nitrogens with one attached hydrogen (secondary N) is 1. The number of carboxylic acid groups (broad SMARTS) is 1. The van der Waals surface area contributed by atoms with Gasteiger partial charge in [-0.1, -0.05) is 28.1 Å². The highest BCUT2D eigenvalue weighted by molar-refractivity contribution is 9.10. The van der Waals surface area contributed by atoms with E-state index in [1.807, 2.05) is 31.2 Å². The van der Waals surface area contributed by atoms with E-state index in [9.17, 15) is 14.7 Å². The fraction of sp³-hybridized carbons (Fsp3) is 0.467. The van der Waals surface area contributed by atoms with Crippen LogP contribution in [0.1, 0.15) is 38.3 Å². The van der Waals surface area contributed by atoms with Gasteiger partial charge in [-0.25, -0.2) is 9.59 Å². The van der Waals surface area contributed by atoms with Gasteiger partial charge < -0.3 is 15.3 Å². The number of halogens is 1. The Morgan fingerprint density at radius 1 is 1.38 bits per heavy atom. The molecule has 1 saturated heterocycles. The van der Waals surface area contributed by atoms with Crippen LogP contribution in [0, 0.1) is 0 Å². The van der Waals surface area contributed by atoms with E-state index in [4.69, 9.17) is 0 Å². The molecule has 1 aromatic rings. The number of amides is 2. The number of carbonyl (C=O) groups excluding carboxylic acids is 1. The van der Waals surface area contributed by atoms with Crippen molar-refractivity contribution in [2.75, 3.05) is 6.54 Å². The molecule has 1 heterocycles. The smallest absolute Gasteiger partial charge is 0.329 e. The highest BCUT2D eigenvalue weighted by atomic mass is 79.9. The number of benzene rings is 1. The molecule has 21 heavy (non-hydrogen) atoms. The normalized spacial score (nSPS) is 22.9. The number of nitrogens with zero attached hydrogens (tertiary/aromatic N) is 1. The first-order valence-corrected chi connectivity index (χ1v) is 7.71. The van der Waals surface area contributed by atoms with E-state index >= 15 is 0 Å². The Labute approximate surface area is 132 Å². The number of urea groups is 1. The van der Waals surface area contributed by atoms with Crippen LogP contribution in [0.25, 0.3) is 0 Å². The van der Waals surface area contributed by atoms with Crippen LogP contribution >= 0.6 is 15.9 Å². The maximum absolute atomic E-state index is 12.4. The lowest BCUT2D eigenvalue weighted by Gasteiger charge is -2.32. The predicted octanol–water partition coefficient (Wildman–Crippen LogP) is 3.16. The van der Waals surface area contributed by atoms with Crippen LogP contribution in [-0.2, 0) is 4.79 Å². The Balaban J connectivity index is 2.07. The van der Waals surface area contributed by atoms with Crippen LogP contribution < -0.4 is 5.32 Å². The third-order valence-electron chi connectivity index (χ3n) is 4.06. The largest absolute Gasteiger partial charge is 0.480 e. The molecule has 1 aliphatic rings. The standard InChI is InChI=1S/C15H19BrN2O3/c1-10(11-4-6-12(16)7-5-11)17-14(21)18-9-3-8-15(18,2)13(19)20/h4-7,10H,3,8-9H2,1-2H3,(H,17,21)(H,19,20).